The molecule has 0 spiro atoms. The third kappa shape index (κ3) is 2.65. The first-order valence-electron chi connectivity index (χ1n) is 4.65. The largest absolute Gasteiger partial charge is 0.376 e. The number of nitrogens with two attached hydrogens (primary N) is 1. The second-order valence-corrected chi connectivity index (χ2v) is 3.63. The maximum absolute atomic E-state index is 5.39. The Morgan fingerprint density at radius 3 is 2.80 bits per heavy atom. The fourth-order valence-electron chi connectivity index (χ4n) is 1.46. The Morgan fingerprint density at radius 1 is 1.40 bits per heavy atom. The molecule has 1 aromatic carbocycles. The zero-order valence-corrected chi connectivity index (χ0v) is 8.92. The molecule has 1 fully saturated rings. The molecule has 0 atom stereocenters. The maximum atomic E-state index is 5.39. The van der Waals surface area contributed by atoms with Gasteiger partial charge in [0.2, 0.25) is 0 Å². The summed E-state index contributed by atoms with van der Waals surface area (Å²) in [5, 5.41) is 3.12. The van der Waals surface area contributed by atoms with Gasteiger partial charge in [-0.2, -0.15) is 0 Å². The monoisotopic (exact) mass is 224 g/mol. The highest BCUT2D eigenvalue weighted by Gasteiger charge is 2.18. The average Bonchev–Trinajstić information content (AvgIpc) is 2.69. The van der Waals surface area contributed by atoms with Crippen molar-refractivity contribution in [2.24, 2.45) is 5.73 Å². The van der Waals surface area contributed by atoms with Crippen molar-refractivity contribution in [3.05, 3.63) is 29.8 Å². The number of hydrogen-bond acceptors (Lipinski definition) is 3. The minimum Gasteiger partial charge on any atom is -0.376 e. The molecule has 0 saturated carbocycles. The van der Waals surface area contributed by atoms with E-state index in [-0.39, 0.29) is 11.4 Å². The van der Waals surface area contributed by atoms with E-state index in [1.165, 1.54) is 0 Å². The predicted octanol–water partition coefficient (Wildman–Crippen LogP) is 1.39. The van der Waals surface area contributed by atoms with E-state index in [9.17, 15) is 0 Å². The van der Waals surface area contributed by atoms with Crippen LogP contribution in [0, 0.1) is 0 Å². The maximum Gasteiger partial charge on any atom is 0.184 e. The lowest BCUT2D eigenvalue weighted by atomic mass is 10.2. The topological polar surface area (TPSA) is 56.5 Å². The van der Waals surface area contributed by atoms with E-state index in [0.717, 1.165) is 11.3 Å². The fraction of sp³-hybridized carbons (Fsp3) is 0.300. The summed E-state index contributed by atoms with van der Waals surface area (Å²) in [5.41, 5.74) is 7.20. The Labute approximate surface area is 93.4 Å². The van der Waals surface area contributed by atoms with Gasteiger partial charge in [-0.25, -0.2) is 0 Å². The molecule has 1 saturated heterocycles. The Kier molecular flexibility index (Phi) is 3.15. The summed E-state index contributed by atoms with van der Waals surface area (Å²) in [4.78, 5) is 0. The van der Waals surface area contributed by atoms with E-state index in [2.05, 4.69) is 5.32 Å². The lowest BCUT2D eigenvalue weighted by Crippen LogP contribution is -2.19. The molecule has 5 heteroatoms. The third-order valence-corrected chi connectivity index (χ3v) is 2.15. The molecule has 80 valence electrons. The number of benzene rings is 1. The standard InChI is InChI=1S/C10H12N2O2S/c11-10(15)12-8-3-1-2-7(6-8)9-13-4-5-14-9/h1-3,6,9H,4-5H2,(H3,11,12,15). The highest BCUT2D eigenvalue weighted by Crippen LogP contribution is 2.25. The first-order valence-corrected chi connectivity index (χ1v) is 5.06. The second-order valence-electron chi connectivity index (χ2n) is 3.19. The van der Waals surface area contributed by atoms with Crippen LogP contribution in [0.1, 0.15) is 11.9 Å². The number of nitrogens with one attached hydrogen (secondary N) is 1. The van der Waals surface area contributed by atoms with Crippen LogP contribution in [0.4, 0.5) is 5.69 Å². The summed E-state index contributed by atoms with van der Waals surface area (Å²) in [6, 6.07) is 7.65. The van der Waals surface area contributed by atoms with Crippen LogP contribution >= 0.6 is 12.2 Å². The van der Waals surface area contributed by atoms with Gasteiger partial charge in [-0.15, -0.1) is 0 Å². The van der Waals surface area contributed by atoms with E-state index >= 15 is 0 Å². The molecular weight excluding hydrogens is 212 g/mol. The second kappa shape index (κ2) is 4.57. The average molecular weight is 224 g/mol. The summed E-state index contributed by atoms with van der Waals surface area (Å²) >= 11 is 4.76. The van der Waals surface area contributed by atoms with Crippen molar-refractivity contribution in [1.29, 1.82) is 0 Å². The molecule has 0 radical (unpaired) electrons. The third-order valence-electron chi connectivity index (χ3n) is 2.05. The molecule has 1 aromatic rings. The number of thiocarbonyl (C=S) groups is 1. The number of rotatable bonds is 2. The van der Waals surface area contributed by atoms with E-state index in [1.807, 2.05) is 24.3 Å². The Bertz CT molecular complexity index is 364. The quantitative estimate of drug-likeness (QED) is 0.743. The first-order chi connectivity index (χ1) is 7.25. The summed E-state index contributed by atoms with van der Waals surface area (Å²) in [5.74, 6) is 0. The van der Waals surface area contributed by atoms with Crippen LogP contribution in [0.3, 0.4) is 0 Å². The SMILES string of the molecule is NC(=S)Nc1cccc(C2OCCO2)c1. The summed E-state index contributed by atoms with van der Waals surface area (Å²) in [6.07, 6.45) is -0.266. The summed E-state index contributed by atoms with van der Waals surface area (Å²) in [7, 11) is 0. The highest BCUT2D eigenvalue weighted by molar-refractivity contribution is 7.80. The van der Waals surface area contributed by atoms with Gasteiger partial charge in [-0.05, 0) is 24.4 Å². The molecule has 1 aliphatic rings. The van der Waals surface area contributed by atoms with Gasteiger partial charge in [-0.1, -0.05) is 12.1 Å². The number of ether oxygens (including phenoxy) is 2. The van der Waals surface area contributed by atoms with Crippen LogP contribution in [-0.2, 0) is 9.47 Å². The minimum atomic E-state index is -0.266. The fourth-order valence-corrected chi connectivity index (χ4v) is 1.57. The lowest BCUT2D eigenvalue weighted by molar-refractivity contribution is -0.0440. The zero-order valence-electron chi connectivity index (χ0n) is 8.10. The number of hydrogen-bond donors (Lipinski definition) is 2. The molecule has 0 aliphatic carbocycles. The van der Waals surface area contributed by atoms with Gasteiger partial charge in [0.05, 0.1) is 13.2 Å². The molecule has 15 heavy (non-hydrogen) atoms. The molecule has 0 aromatic heterocycles. The smallest absolute Gasteiger partial charge is 0.184 e. The van der Waals surface area contributed by atoms with Crippen LogP contribution in [0.5, 0.6) is 0 Å². The Morgan fingerprint density at radius 2 is 2.13 bits per heavy atom. The van der Waals surface area contributed by atoms with E-state index in [4.69, 9.17) is 27.4 Å². The molecule has 4 nitrogen and oxygen atoms in total. The summed E-state index contributed by atoms with van der Waals surface area (Å²) in [6.45, 7) is 1.27. The van der Waals surface area contributed by atoms with Crippen molar-refractivity contribution in [3.63, 3.8) is 0 Å². The zero-order chi connectivity index (χ0) is 10.7. The van der Waals surface area contributed by atoms with Gasteiger partial charge in [0.1, 0.15) is 0 Å². The minimum absolute atomic E-state index is 0.250. The van der Waals surface area contributed by atoms with Crippen molar-refractivity contribution >= 4 is 23.0 Å². The van der Waals surface area contributed by atoms with Crippen molar-refractivity contribution < 1.29 is 9.47 Å². The van der Waals surface area contributed by atoms with Crippen LogP contribution in [0.15, 0.2) is 24.3 Å². The Hall–Kier alpha value is -1.17. The van der Waals surface area contributed by atoms with Crippen LogP contribution in [-0.4, -0.2) is 18.3 Å². The normalized spacial score (nSPS) is 16.5. The van der Waals surface area contributed by atoms with Crippen LogP contribution in [0.2, 0.25) is 0 Å². The van der Waals surface area contributed by atoms with E-state index in [1.54, 1.807) is 0 Å². The molecule has 1 heterocycles. The van der Waals surface area contributed by atoms with Crippen LogP contribution in [0.25, 0.3) is 0 Å². The highest BCUT2D eigenvalue weighted by atomic mass is 32.1. The molecule has 2 rings (SSSR count). The van der Waals surface area contributed by atoms with Crippen molar-refractivity contribution in [1.82, 2.24) is 0 Å². The van der Waals surface area contributed by atoms with Gasteiger partial charge in [0.25, 0.3) is 0 Å². The lowest BCUT2D eigenvalue weighted by Gasteiger charge is -2.11. The molecular formula is C10H12N2O2S. The van der Waals surface area contributed by atoms with Gasteiger partial charge >= 0.3 is 0 Å². The van der Waals surface area contributed by atoms with E-state index in [0.29, 0.717) is 13.2 Å². The molecule has 0 unspecified atom stereocenters. The van der Waals surface area contributed by atoms with E-state index < -0.39 is 0 Å². The van der Waals surface area contributed by atoms with Gasteiger partial charge in [-0.3, -0.25) is 0 Å². The van der Waals surface area contributed by atoms with Crippen molar-refractivity contribution in [2.75, 3.05) is 18.5 Å². The molecule has 3 N–H and O–H groups in total. The Balaban J connectivity index is 2.14. The van der Waals surface area contributed by atoms with Crippen molar-refractivity contribution in [2.45, 2.75) is 6.29 Å². The van der Waals surface area contributed by atoms with Gasteiger partial charge in [0, 0.05) is 11.3 Å². The predicted molar refractivity (Wildman–Crippen MR) is 61.5 cm³/mol. The first kappa shape index (κ1) is 10.4. The number of anilines is 1. The van der Waals surface area contributed by atoms with Gasteiger partial charge in [0.15, 0.2) is 11.4 Å². The molecule has 1 aliphatic heterocycles. The summed E-state index contributed by atoms with van der Waals surface area (Å²) < 4.78 is 10.8. The van der Waals surface area contributed by atoms with Gasteiger partial charge < -0.3 is 20.5 Å². The van der Waals surface area contributed by atoms with Crippen LogP contribution < -0.4 is 11.1 Å². The van der Waals surface area contributed by atoms with Crippen molar-refractivity contribution in [3.8, 4) is 0 Å². The molecule has 0 amide bonds. The molecule has 0 bridgehead atoms.